The molecule has 1 aromatic carbocycles. The fourth-order valence-electron chi connectivity index (χ4n) is 2.71. The van der Waals surface area contributed by atoms with Gasteiger partial charge in [0.05, 0.1) is 11.6 Å². The van der Waals surface area contributed by atoms with Gasteiger partial charge < -0.3 is 4.57 Å². The fourth-order valence-corrected chi connectivity index (χ4v) is 2.71. The number of aryl methyl sites for hydroxylation is 3. The van der Waals surface area contributed by atoms with Gasteiger partial charge in [0.1, 0.15) is 11.2 Å². The van der Waals surface area contributed by atoms with Crippen molar-refractivity contribution in [2.24, 2.45) is 5.10 Å². The zero-order valence-electron chi connectivity index (χ0n) is 15.0. The lowest BCUT2D eigenvalue weighted by Crippen LogP contribution is -2.27. The summed E-state index contributed by atoms with van der Waals surface area (Å²) < 4.78 is 1.80. The van der Waals surface area contributed by atoms with Crippen LogP contribution in [0.1, 0.15) is 34.1 Å². The van der Waals surface area contributed by atoms with E-state index >= 15 is 0 Å². The van der Waals surface area contributed by atoms with Gasteiger partial charge in [-0.15, -0.1) is 0 Å². The molecule has 1 amide bonds. The number of hydrazone groups is 1. The number of carbonyl (C=O) groups is 1. The molecule has 3 rings (SSSR count). The molecular weight excluding hydrogens is 328 g/mol. The van der Waals surface area contributed by atoms with Crippen LogP contribution in [0, 0.1) is 13.8 Å². The molecule has 6 nitrogen and oxygen atoms in total. The Labute approximate surface area is 151 Å². The van der Waals surface area contributed by atoms with Crippen LogP contribution in [-0.2, 0) is 6.54 Å². The van der Waals surface area contributed by atoms with Gasteiger partial charge in [0.25, 0.3) is 5.91 Å². The third-order valence-electron chi connectivity index (χ3n) is 4.20. The van der Waals surface area contributed by atoms with Crippen LogP contribution < -0.4 is 10.9 Å². The van der Waals surface area contributed by atoms with Crippen LogP contribution in [0.25, 0.3) is 11.0 Å². The fraction of sp³-hybridized carbons (Fsp3) is 0.200. The lowest BCUT2D eigenvalue weighted by atomic mass is 10.1. The summed E-state index contributed by atoms with van der Waals surface area (Å²) in [4.78, 5) is 29.6. The van der Waals surface area contributed by atoms with Gasteiger partial charge in [-0.25, -0.2) is 10.4 Å². The molecule has 0 bridgehead atoms. The summed E-state index contributed by atoms with van der Waals surface area (Å²) in [6.45, 7) is 6.36. The molecular formula is C20H20N4O2. The molecule has 2 heterocycles. The monoisotopic (exact) mass is 348 g/mol. The maximum atomic E-state index is 12.7. The Morgan fingerprint density at radius 3 is 2.73 bits per heavy atom. The van der Waals surface area contributed by atoms with Crippen molar-refractivity contribution in [1.82, 2.24) is 15.0 Å². The molecule has 0 atom stereocenters. The molecule has 2 aromatic heterocycles. The maximum Gasteiger partial charge on any atom is 0.276 e. The molecule has 0 aliphatic rings. The van der Waals surface area contributed by atoms with Gasteiger partial charge in [-0.2, -0.15) is 5.10 Å². The minimum absolute atomic E-state index is 0.0481. The summed E-state index contributed by atoms with van der Waals surface area (Å²) in [5, 5.41) is 4.41. The van der Waals surface area contributed by atoms with Gasteiger partial charge >= 0.3 is 0 Å². The molecule has 0 aliphatic carbocycles. The Kier molecular flexibility index (Phi) is 4.93. The molecule has 132 valence electrons. The number of fused-ring (bicyclic) bond motifs is 1. The number of benzene rings is 1. The van der Waals surface area contributed by atoms with E-state index in [0.717, 1.165) is 16.8 Å². The third kappa shape index (κ3) is 3.39. The van der Waals surface area contributed by atoms with Gasteiger partial charge in [-0.1, -0.05) is 24.3 Å². The molecule has 6 heteroatoms. The van der Waals surface area contributed by atoms with E-state index < -0.39 is 5.91 Å². The highest BCUT2D eigenvalue weighted by Gasteiger charge is 2.15. The smallest absolute Gasteiger partial charge is 0.276 e. The van der Waals surface area contributed by atoms with Gasteiger partial charge in [-0.3, -0.25) is 9.59 Å². The third-order valence-corrected chi connectivity index (χ3v) is 4.20. The standard InChI is InChI=1S/C20H20N4O2/c1-4-24-12-17(18(25)16-10-9-14(3)22-19(16)24)20(26)23-21-11-15-8-6-5-7-13(15)2/h5-12H,4H2,1-3H3,(H,23,26)/b21-11+. The van der Waals surface area contributed by atoms with Crippen molar-refractivity contribution in [2.45, 2.75) is 27.3 Å². The van der Waals surface area contributed by atoms with E-state index in [2.05, 4.69) is 15.5 Å². The second-order valence-electron chi connectivity index (χ2n) is 6.04. The first kappa shape index (κ1) is 17.5. The Hall–Kier alpha value is -3.28. The number of nitrogens with one attached hydrogen (secondary N) is 1. The number of aromatic nitrogens is 2. The molecule has 1 N–H and O–H groups in total. The van der Waals surface area contributed by atoms with E-state index in [0.29, 0.717) is 17.6 Å². The summed E-state index contributed by atoms with van der Waals surface area (Å²) in [6.07, 6.45) is 3.10. The first-order chi connectivity index (χ1) is 12.5. The Morgan fingerprint density at radius 2 is 2.00 bits per heavy atom. The largest absolute Gasteiger partial charge is 0.332 e. The minimum Gasteiger partial charge on any atom is -0.332 e. The normalized spacial score (nSPS) is 11.2. The number of carbonyl (C=O) groups excluding carboxylic acids is 1. The average molecular weight is 348 g/mol. The number of hydrogen-bond acceptors (Lipinski definition) is 4. The summed E-state index contributed by atoms with van der Waals surface area (Å²) in [5.41, 5.74) is 5.49. The first-order valence-electron chi connectivity index (χ1n) is 8.41. The van der Waals surface area contributed by atoms with Crippen molar-refractivity contribution < 1.29 is 4.79 Å². The summed E-state index contributed by atoms with van der Waals surface area (Å²) in [5.74, 6) is -0.537. The van der Waals surface area contributed by atoms with E-state index in [1.165, 1.54) is 6.20 Å². The second kappa shape index (κ2) is 7.31. The molecule has 0 radical (unpaired) electrons. The van der Waals surface area contributed by atoms with E-state index in [1.807, 2.05) is 45.0 Å². The zero-order chi connectivity index (χ0) is 18.7. The minimum atomic E-state index is -0.537. The Bertz CT molecular complexity index is 1070. The van der Waals surface area contributed by atoms with Crippen molar-refractivity contribution in [3.05, 3.63) is 75.2 Å². The highest BCUT2D eigenvalue weighted by molar-refractivity contribution is 5.97. The molecule has 3 aromatic rings. The lowest BCUT2D eigenvalue weighted by molar-refractivity contribution is 0.0953. The van der Waals surface area contributed by atoms with Crippen molar-refractivity contribution in [1.29, 1.82) is 0 Å². The highest BCUT2D eigenvalue weighted by atomic mass is 16.2. The van der Waals surface area contributed by atoms with E-state index in [1.54, 1.807) is 22.9 Å². The van der Waals surface area contributed by atoms with Crippen molar-refractivity contribution in [3.63, 3.8) is 0 Å². The summed E-state index contributed by atoms with van der Waals surface area (Å²) >= 11 is 0. The van der Waals surface area contributed by atoms with Crippen LogP contribution >= 0.6 is 0 Å². The number of amides is 1. The molecule has 0 aliphatic heterocycles. The van der Waals surface area contributed by atoms with Crippen LogP contribution in [-0.4, -0.2) is 21.7 Å². The van der Waals surface area contributed by atoms with Gasteiger partial charge in [0.2, 0.25) is 5.43 Å². The van der Waals surface area contributed by atoms with Crippen LogP contribution in [0.2, 0.25) is 0 Å². The number of pyridine rings is 2. The first-order valence-corrected chi connectivity index (χ1v) is 8.41. The molecule has 26 heavy (non-hydrogen) atoms. The number of rotatable bonds is 4. The number of hydrogen-bond donors (Lipinski definition) is 1. The Balaban J connectivity index is 1.93. The molecule has 0 saturated heterocycles. The average Bonchev–Trinajstić information content (AvgIpc) is 2.63. The molecule has 0 fully saturated rings. The summed E-state index contributed by atoms with van der Waals surface area (Å²) in [6, 6.07) is 11.2. The van der Waals surface area contributed by atoms with E-state index in [9.17, 15) is 9.59 Å². The van der Waals surface area contributed by atoms with Gasteiger partial charge in [0.15, 0.2) is 0 Å². The lowest BCUT2D eigenvalue weighted by Gasteiger charge is -2.10. The maximum absolute atomic E-state index is 12.7. The van der Waals surface area contributed by atoms with Crippen LogP contribution in [0.5, 0.6) is 0 Å². The zero-order valence-corrected chi connectivity index (χ0v) is 15.0. The van der Waals surface area contributed by atoms with Gasteiger partial charge in [0, 0.05) is 18.4 Å². The van der Waals surface area contributed by atoms with Crippen LogP contribution in [0.15, 0.2) is 52.5 Å². The predicted octanol–water partition coefficient (Wildman–Crippen LogP) is 2.80. The molecule has 0 unspecified atom stereocenters. The van der Waals surface area contributed by atoms with Crippen LogP contribution in [0.4, 0.5) is 0 Å². The van der Waals surface area contributed by atoms with E-state index in [-0.39, 0.29) is 11.0 Å². The Morgan fingerprint density at radius 1 is 1.23 bits per heavy atom. The quantitative estimate of drug-likeness (QED) is 0.582. The second-order valence-corrected chi connectivity index (χ2v) is 6.04. The summed E-state index contributed by atoms with van der Waals surface area (Å²) in [7, 11) is 0. The predicted molar refractivity (Wildman–Crippen MR) is 103 cm³/mol. The van der Waals surface area contributed by atoms with Crippen molar-refractivity contribution in [3.8, 4) is 0 Å². The topological polar surface area (TPSA) is 76.3 Å². The van der Waals surface area contributed by atoms with Crippen LogP contribution in [0.3, 0.4) is 0 Å². The number of nitrogens with zero attached hydrogens (tertiary/aromatic N) is 3. The molecule has 0 spiro atoms. The van der Waals surface area contributed by atoms with Crippen molar-refractivity contribution in [2.75, 3.05) is 0 Å². The van der Waals surface area contributed by atoms with Crippen molar-refractivity contribution >= 4 is 23.2 Å². The van der Waals surface area contributed by atoms with E-state index in [4.69, 9.17) is 0 Å². The molecule has 0 saturated carbocycles. The van der Waals surface area contributed by atoms with Gasteiger partial charge in [-0.05, 0) is 44.0 Å². The highest BCUT2D eigenvalue weighted by Crippen LogP contribution is 2.11. The SMILES string of the molecule is CCn1cc(C(=O)N/N=C/c2ccccc2C)c(=O)c2ccc(C)nc21.